The molecule has 1 saturated heterocycles. The van der Waals surface area contributed by atoms with Crippen molar-refractivity contribution < 1.29 is 32.9 Å². The number of pyridine rings is 1. The second-order valence-electron chi connectivity index (χ2n) is 10.4. The Balaban J connectivity index is 1.37. The van der Waals surface area contributed by atoms with E-state index in [1.807, 2.05) is 18.2 Å². The Hall–Kier alpha value is -4.90. The predicted molar refractivity (Wildman–Crippen MR) is 164 cm³/mol. The van der Waals surface area contributed by atoms with Gasteiger partial charge >= 0.3 is 11.8 Å². The molecule has 0 unspecified atom stereocenters. The van der Waals surface area contributed by atoms with E-state index in [1.54, 1.807) is 44.7 Å². The van der Waals surface area contributed by atoms with Gasteiger partial charge in [0, 0.05) is 35.9 Å². The number of nitrogens with two attached hydrogens (primary N) is 1. The lowest BCUT2D eigenvalue weighted by atomic mass is 9.99. The topological polar surface area (TPSA) is 125 Å². The summed E-state index contributed by atoms with van der Waals surface area (Å²) in [7, 11) is 3.10. The van der Waals surface area contributed by atoms with E-state index in [2.05, 4.69) is 10.3 Å². The smallest absolute Gasteiger partial charge is 0.316 e. The van der Waals surface area contributed by atoms with Crippen LogP contribution >= 0.6 is 0 Å². The summed E-state index contributed by atoms with van der Waals surface area (Å²) in [5, 5.41) is 3.95. The van der Waals surface area contributed by atoms with Crippen molar-refractivity contribution in [2.45, 2.75) is 19.3 Å². The maximum absolute atomic E-state index is 15.5. The number of carbonyl (C=O) groups excluding carboxylic acids is 2. The highest BCUT2D eigenvalue weighted by Gasteiger charge is 2.23. The molecule has 1 fully saturated rings. The Bertz CT molecular complexity index is 1640. The van der Waals surface area contributed by atoms with Gasteiger partial charge in [-0.25, -0.2) is 4.39 Å². The number of benzene rings is 3. The average Bonchev–Trinajstić information content (AvgIpc) is 3.05. The summed E-state index contributed by atoms with van der Waals surface area (Å²) in [6.07, 6.45) is 4.01. The van der Waals surface area contributed by atoms with Gasteiger partial charge in [-0.3, -0.25) is 14.6 Å². The minimum atomic E-state index is -1.15. The molecule has 10 nitrogen and oxygen atoms in total. The van der Waals surface area contributed by atoms with Crippen LogP contribution < -0.4 is 34.9 Å². The van der Waals surface area contributed by atoms with Crippen LogP contribution in [0.3, 0.4) is 0 Å². The van der Waals surface area contributed by atoms with Crippen LogP contribution in [0.1, 0.15) is 18.4 Å². The van der Waals surface area contributed by atoms with Crippen LogP contribution in [0.25, 0.3) is 10.9 Å². The van der Waals surface area contributed by atoms with Gasteiger partial charge in [-0.2, -0.15) is 0 Å². The molecule has 0 atom stereocenters. The maximum atomic E-state index is 15.5. The second-order valence-corrected chi connectivity index (χ2v) is 10.4. The number of nitrogens with zero attached hydrogens (tertiary/aromatic N) is 2. The van der Waals surface area contributed by atoms with E-state index < -0.39 is 17.6 Å². The summed E-state index contributed by atoms with van der Waals surface area (Å²) >= 11 is 0. The highest BCUT2D eigenvalue weighted by atomic mass is 19.1. The molecule has 1 aliphatic rings. The summed E-state index contributed by atoms with van der Waals surface area (Å²) in [6, 6.07) is 16.5. The molecular formula is C33H35FN4O6. The van der Waals surface area contributed by atoms with Gasteiger partial charge in [0.05, 0.1) is 26.3 Å². The molecule has 11 heteroatoms. The highest BCUT2D eigenvalue weighted by molar-refractivity contribution is 6.39. The van der Waals surface area contributed by atoms with Gasteiger partial charge in [-0.1, -0.05) is 18.2 Å². The summed E-state index contributed by atoms with van der Waals surface area (Å²) in [5.74, 6) is -0.395. The monoisotopic (exact) mass is 602 g/mol. The molecule has 1 aliphatic heterocycles. The normalized spacial score (nSPS) is 13.3. The molecule has 44 heavy (non-hydrogen) atoms. The van der Waals surface area contributed by atoms with Gasteiger partial charge in [0.1, 0.15) is 11.5 Å². The van der Waals surface area contributed by atoms with E-state index in [0.29, 0.717) is 52.8 Å². The van der Waals surface area contributed by atoms with E-state index in [4.69, 9.17) is 24.7 Å². The number of methoxy groups -OCH3 is 2. The standard InChI is InChI=1S/C33H35FN4O6/c1-41-27-6-4-3-5-22(27)12-16-38(33(40)32(35)39)23-7-8-29(25(34)17-23)44-28-11-15-37-26-19-31(30(42-2)18-24(26)28)43-20-21-9-13-36-14-10-21/h3-8,11,15,17-19,21,36H,9-10,12-14,16,20H2,1-2H3,(H2,35,39). The minimum Gasteiger partial charge on any atom is -0.496 e. The largest absolute Gasteiger partial charge is 0.496 e. The molecule has 0 saturated carbocycles. The number of halogens is 1. The summed E-state index contributed by atoms with van der Waals surface area (Å²) in [4.78, 5) is 30.1. The number of fused-ring (bicyclic) bond motifs is 1. The Morgan fingerprint density at radius 2 is 1.73 bits per heavy atom. The summed E-state index contributed by atoms with van der Waals surface area (Å²) < 4.78 is 38.6. The second kappa shape index (κ2) is 14.0. The van der Waals surface area contributed by atoms with Crippen LogP contribution in [0, 0.1) is 11.7 Å². The third-order valence-corrected chi connectivity index (χ3v) is 7.62. The highest BCUT2D eigenvalue weighted by Crippen LogP contribution is 2.38. The Kier molecular flexibility index (Phi) is 9.75. The van der Waals surface area contributed by atoms with Crippen molar-refractivity contribution in [3.63, 3.8) is 0 Å². The van der Waals surface area contributed by atoms with Gasteiger partial charge in [-0.05, 0) is 74.2 Å². The summed E-state index contributed by atoms with van der Waals surface area (Å²) in [6.45, 7) is 2.60. The lowest BCUT2D eigenvalue weighted by Crippen LogP contribution is -2.41. The fourth-order valence-electron chi connectivity index (χ4n) is 5.23. The van der Waals surface area contributed by atoms with E-state index in [0.717, 1.165) is 42.5 Å². The van der Waals surface area contributed by atoms with E-state index in [9.17, 15) is 9.59 Å². The molecule has 2 heterocycles. The number of hydrogen-bond acceptors (Lipinski definition) is 8. The molecule has 3 aromatic carbocycles. The lowest BCUT2D eigenvalue weighted by Gasteiger charge is -2.23. The molecular weight excluding hydrogens is 567 g/mol. The molecule has 0 bridgehead atoms. The predicted octanol–water partition coefficient (Wildman–Crippen LogP) is 4.62. The number of carbonyl (C=O) groups is 2. The number of para-hydroxylation sites is 1. The number of hydrogen-bond donors (Lipinski definition) is 2. The number of amides is 2. The SMILES string of the molecule is COc1ccccc1CCN(C(=O)C(N)=O)c1ccc(Oc2ccnc3cc(OCC4CCNCC4)c(OC)cc23)c(F)c1. The van der Waals surface area contributed by atoms with Crippen molar-refractivity contribution in [1.29, 1.82) is 0 Å². The van der Waals surface area contributed by atoms with Gasteiger partial charge in [-0.15, -0.1) is 0 Å². The fraction of sp³-hybridized carbons (Fsp3) is 0.303. The molecule has 2 amide bonds. The van der Waals surface area contributed by atoms with Crippen molar-refractivity contribution in [3.05, 3.63) is 78.2 Å². The number of anilines is 1. The Morgan fingerprint density at radius 3 is 2.45 bits per heavy atom. The molecule has 3 N–H and O–H groups in total. The first-order chi connectivity index (χ1) is 21.4. The minimum absolute atomic E-state index is 0.0681. The maximum Gasteiger partial charge on any atom is 0.316 e. The van der Waals surface area contributed by atoms with E-state index in [1.165, 1.54) is 12.1 Å². The van der Waals surface area contributed by atoms with Crippen LogP contribution in [-0.2, 0) is 16.0 Å². The third kappa shape index (κ3) is 7.00. The quantitative estimate of drug-likeness (QED) is 0.238. The number of piperidine rings is 1. The van der Waals surface area contributed by atoms with Crippen molar-refractivity contribution >= 4 is 28.4 Å². The van der Waals surface area contributed by atoms with E-state index in [-0.39, 0.29) is 18.0 Å². The van der Waals surface area contributed by atoms with E-state index >= 15 is 4.39 Å². The first-order valence-corrected chi connectivity index (χ1v) is 14.4. The van der Waals surface area contributed by atoms with Crippen LogP contribution in [0.15, 0.2) is 66.9 Å². The molecule has 0 aliphatic carbocycles. The van der Waals surface area contributed by atoms with Crippen molar-refractivity contribution in [2.75, 3.05) is 45.4 Å². The Labute approximate surface area is 254 Å². The van der Waals surface area contributed by atoms with Crippen molar-refractivity contribution in [3.8, 4) is 28.7 Å². The number of aromatic nitrogens is 1. The van der Waals surface area contributed by atoms with Crippen molar-refractivity contribution in [1.82, 2.24) is 10.3 Å². The molecule has 230 valence electrons. The fourth-order valence-corrected chi connectivity index (χ4v) is 5.23. The zero-order chi connectivity index (χ0) is 31.1. The van der Waals surface area contributed by atoms with Crippen LogP contribution in [0.2, 0.25) is 0 Å². The first kappa shape index (κ1) is 30.6. The van der Waals surface area contributed by atoms with Crippen LogP contribution in [0.4, 0.5) is 10.1 Å². The van der Waals surface area contributed by atoms with Gasteiger partial charge < -0.3 is 34.9 Å². The third-order valence-electron chi connectivity index (χ3n) is 7.62. The molecule has 5 rings (SSSR count). The van der Waals surface area contributed by atoms with Gasteiger partial charge in [0.2, 0.25) is 0 Å². The first-order valence-electron chi connectivity index (χ1n) is 14.4. The van der Waals surface area contributed by atoms with Gasteiger partial charge in [0.15, 0.2) is 23.1 Å². The number of rotatable bonds is 11. The molecule has 1 aromatic heterocycles. The lowest BCUT2D eigenvalue weighted by molar-refractivity contribution is -0.135. The number of nitrogens with one attached hydrogen (secondary N) is 1. The summed E-state index contributed by atoms with van der Waals surface area (Å²) in [5.41, 5.74) is 6.88. The van der Waals surface area contributed by atoms with Gasteiger partial charge in [0.25, 0.3) is 0 Å². The van der Waals surface area contributed by atoms with Crippen LogP contribution in [-0.4, -0.2) is 57.3 Å². The number of ether oxygens (including phenoxy) is 4. The molecule has 0 spiro atoms. The van der Waals surface area contributed by atoms with Crippen molar-refractivity contribution in [2.24, 2.45) is 11.7 Å². The molecule has 0 radical (unpaired) electrons. The average molecular weight is 603 g/mol. The Morgan fingerprint density at radius 1 is 0.955 bits per heavy atom. The molecule has 4 aromatic rings. The van der Waals surface area contributed by atoms with Crippen LogP contribution in [0.5, 0.6) is 28.7 Å². The number of primary amides is 1. The zero-order valence-electron chi connectivity index (χ0n) is 24.7. The zero-order valence-corrected chi connectivity index (χ0v) is 24.7.